The molecule has 2 aliphatic rings. The lowest BCUT2D eigenvalue weighted by Gasteiger charge is -2.33. The molecule has 222 valence electrons. The number of para-hydroxylation sites is 2. The molecule has 12 heteroatoms. The zero-order valence-corrected chi connectivity index (χ0v) is 23.3. The summed E-state index contributed by atoms with van der Waals surface area (Å²) >= 11 is 0. The summed E-state index contributed by atoms with van der Waals surface area (Å²) in [5.74, 6) is -0.986. The maximum atomic E-state index is 13.7. The van der Waals surface area contributed by atoms with Crippen molar-refractivity contribution in [2.45, 2.75) is 38.1 Å². The summed E-state index contributed by atoms with van der Waals surface area (Å²) in [6.07, 6.45) is -5.31. The van der Waals surface area contributed by atoms with Gasteiger partial charge < -0.3 is 15.2 Å². The van der Waals surface area contributed by atoms with Gasteiger partial charge in [0, 0.05) is 30.3 Å². The fourth-order valence-corrected chi connectivity index (χ4v) is 5.88. The highest BCUT2D eigenvalue weighted by Crippen LogP contribution is 2.31. The number of aromatic nitrogens is 2. The normalized spacial score (nSPS) is 17.9. The van der Waals surface area contributed by atoms with Crippen LogP contribution in [0.5, 0.6) is 0 Å². The number of carbonyl (C=O) groups excluding carboxylic acids is 2. The number of hydrogen-bond donors (Lipinski definition) is 2. The van der Waals surface area contributed by atoms with Crippen LogP contribution in [0.4, 0.5) is 23.7 Å². The van der Waals surface area contributed by atoms with E-state index in [4.69, 9.17) is 0 Å². The first-order valence-electron chi connectivity index (χ1n) is 14.0. The van der Waals surface area contributed by atoms with Crippen LogP contribution in [0.2, 0.25) is 0 Å². The fourth-order valence-electron chi connectivity index (χ4n) is 5.88. The maximum absolute atomic E-state index is 13.7. The molecular formula is C31H29F3N6O3. The zero-order chi connectivity index (χ0) is 30.3. The second kappa shape index (κ2) is 11.1. The van der Waals surface area contributed by atoms with Gasteiger partial charge in [0.2, 0.25) is 6.17 Å². The molecule has 0 spiro atoms. The topological polar surface area (TPSA) is 103 Å². The number of urea groups is 1. The molecule has 2 aliphatic heterocycles. The number of imidazole rings is 1. The van der Waals surface area contributed by atoms with Gasteiger partial charge in [-0.2, -0.15) is 13.2 Å². The molecule has 3 heterocycles. The van der Waals surface area contributed by atoms with Gasteiger partial charge in [-0.25, -0.2) is 14.6 Å². The van der Waals surface area contributed by atoms with Gasteiger partial charge in [0.05, 0.1) is 22.4 Å². The lowest BCUT2D eigenvalue weighted by atomic mass is 10.0. The first-order valence-corrected chi connectivity index (χ1v) is 14.0. The zero-order valence-electron chi connectivity index (χ0n) is 23.3. The molecule has 3 amide bonds. The number of rotatable bonds is 4. The second-order valence-electron chi connectivity index (χ2n) is 10.7. The van der Waals surface area contributed by atoms with Crippen molar-refractivity contribution in [1.82, 2.24) is 19.8 Å². The maximum Gasteiger partial charge on any atom is 0.406 e. The molecule has 1 fully saturated rings. The third-order valence-corrected chi connectivity index (χ3v) is 7.93. The van der Waals surface area contributed by atoms with Crippen LogP contribution in [0.1, 0.15) is 35.6 Å². The number of aryl methyl sites for hydroxylation is 1. The Kier molecular flexibility index (Phi) is 7.28. The number of fused-ring (bicyclic) bond motifs is 2. The van der Waals surface area contributed by atoms with Crippen LogP contribution < -0.4 is 15.9 Å². The average molecular weight is 591 g/mol. The minimum atomic E-state index is -4.69. The van der Waals surface area contributed by atoms with E-state index < -0.39 is 30.8 Å². The molecule has 2 N–H and O–H groups in total. The Hall–Kier alpha value is -4.87. The van der Waals surface area contributed by atoms with E-state index in [2.05, 4.69) is 15.3 Å². The third kappa shape index (κ3) is 5.52. The van der Waals surface area contributed by atoms with Gasteiger partial charge in [-0.15, -0.1) is 0 Å². The SMILES string of the molecule is Cc1cccc2c1[nH]c(=O)n2C1CCN(C(=O)N[C@@H]2N=C(c3ccccc3)c3ccccc3N(CC(F)(F)F)C2=O)CC1. The van der Waals surface area contributed by atoms with E-state index in [1.165, 1.54) is 11.0 Å². The molecule has 1 atom stereocenters. The van der Waals surface area contributed by atoms with Crippen molar-refractivity contribution in [2.24, 2.45) is 4.99 Å². The van der Waals surface area contributed by atoms with Gasteiger partial charge >= 0.3 is 17.9 Å². The van der Waals surface area contributed by atoms with E-state index in [-0.39, 0.29) is 30.5 Å². The van der Waals surface area contributed by atoms with E-state index in [1.807, 2.05) is 25.1 Å². The Labute approximate surface area is 244 Å². The summed E-state index contributed by atoms with van der Waals surface area (Å²) in [4.78, 5) is 49.4. The molecule has 0 saturated carbocycles. The summed E-state index contributed by atoms with van der Waals surface area (Å²) in [5, 5.41) is 2.59. The number of carbonyl (C=O) groups is 2. The summed E-state index contributed by atoms with van der Waals surface area (Å²) in [6, 6.07) is 20.0. The number of aromatic amines is 1. The number of anilines is 1. The number of hydrogen-bond acceptors (Lipinski definition) is 4. The molecule has 0 unspecified atom stereocenters. The molecular weight excluding hydrogens is 561 g/mol. The minimum Gasteiger partial charge on any atom is -0.325 e. The Morgan fingerprint density at radius 3 is 2.40 bits per heavy atom. The van der Waals surface area contributed by atoms with E-state index >= 15 is 0 Å². The van der Waals surface area contributed by atoms with Crippen LogP contribution >= 0.6 is 0 Å². The van der Waals surface area contributed by atoms with Crippen LogP contribution in [0.15, 0.2) is 82.6 Å². The van der Waals surface area contributed by atoms with Crippen molar-refractivity contribution in [2.75, 3.05) is 24.5 Å². The molecule has 9 nitrogen and oxygen atoms in total. The first kappa shape index (κ1) is 28.3. The molecule has 0 aliphatic carbocycles. The predicted octanol–water partition coefficient (Wildman–Crippen LogP) is 4.76. The van der Waals surface area contributed by atoms with Gasteiger partial charge in [0.15, 0.2) is 0 Å². The van der Waals surface area contributed by atoms with E-state index in [0.29, 0.717) is 34.6 Å². The first-order chi connectivity index (χ1) is 20.6. The number of H-pyrrole nitrogens is 1. The van der Waals surface area contributed by atoms with E-state index in [1.54, 1.807) is 53.1 Å². The molecule has 4 aromatic rings. The van der Waals surface area contributed by atoms with E-state index in [0.717, 1.165) is 16.6 Å². The third-order valence-electron chi connectivity index (χ3n) is 7.93. The van der Waals surface area contributed by atoms with Crippen LogP contribution in [0.3, 0.4) is 0 Å². The fraction of sp³-hybridized carbons (Fsp3) is 0.290. The Morgan fingerprint density at radius 1 is 0.977 bits per heavy atom. The summed E-state index contributed by atoms with van der Waals surface area (Å²) in [6.45, 7) is 0.954. The number of likely N-dealkylation sites (tertiary alicyclic amines) is 1. The molecule has 3 aromatic carbocycles. The molecule has 0 bridgehead atoms. The number of alkyl halides is 3. The number of piperidine rings is 1. The number of benzene rings is 3. The number of nitrogens with zero attached hydrogens (tertiary/aromatic N) is 4. The monoisotopic (exact) mass is 590 g/mol. The summed E-state index contributed by atoms with van der Waals surface area (Å²) in [5.41, 5.74) is 3.61. The highest BCUT2D eigenvalue weighted by Gasteiger charge is 2.40. The summed E-state index contributed by atoms with van der Waals surface area (Å²) < 4.78 is 42.8. The van der Waals surface area contributed by atoms with Gasteiger partial charge in [0.25, 0.3) is 5.91 Å². The molecule has 0 radical (unpaired) electrons. The minimum absolute atomic E-state index is 0.0596. The van der Waals surface area contributed by atoms with Crippen LogP contribution in [0, 0.1) is 6.92 Å². The largest absolute Gasteiger partial charge is 0.406 e. The summed E-state index contributed by atoms with van der Waals surface area (Å²) in [7, 11) is 0. The van der Waals surface area contributed by atoms with Crippen molar-refractivity contribution in [3.8, 4) is 0 Å². The number of benzodiazepines with no additional fused rings is 1. The van der Waals surface area contributed by atoms with Crippen LogP contribution in [-0.2, 0) is 4.79 Å². The Balaban J connectivity index is 1.26. The van der Waals surface area contributed by atoms with Gasteiger partial charge in [-0.3, -0.25) is 14.3 Å². The lowest BCUT2D eigenvalue weighted by Crippen LogP contribution is -2.54. The predicted molar refractivity (Wildman–Crippen MR) is 156 cm³/mol. The van der Waals surface area contributed by atoms with Gasteiger partial charge in [-0.05, 0) is 37.5 Å². The smallest absolute Gasteiger partial charge is 0.325 e. The van der Waals surface area contributed by atoms with Gasteiger partial charge in [0.1, 0.15) is 6.54 Å². The standard InChI is InChI=1S/C31H29F3N6O3/c1-19-8-7-13-24-25(19)36-30(43)40(24)21-14-16-38(17-15-21)29(42)37-27-28(41)39(18-31(32,33)34)23-12-6-5-11-22(23)26(35-27)20-9-3-2-4-10-20/h2-13,21,27H,14-18H2,1H3,(H,36,43)(H,37,42)/t27-/m0/s1. The van der Waals surface area contributed by atoms with Crippen LogP contribution in [0.25, 0.3) is 11.0 Å². The van der Waals surface area contributed by atoms with Crippen molar-refractivity contribution in [1.29, 1.82) is 0 Å². The Bertz CT molecular complexity index is 1770. The van der Waals surface area contributed by atoms with Crippen molar-refractivity contribution in [3.63, 3.8) is 0 Å². The number of halogens is 3. The van der Waals surface area contributed by atoms with Crippen LogP contribution in [-0.4, -0.2) is 64.1 Å². The molecule has 1 saturated heterocycles. The average Bonchev–Trinajstić information content (AvgIpc) is 3.29. The highest BCUT2D eigenvalue weighted by molar-refractivity contribution is 6.20. The van der Waals surface area contributed by atoms with E-state index in [9.17, 15) is 27.6 Å². The van der Waals surface area contributed by atoms with Crippen molar-refractivity contribution in [3.05, 3.63) is 100.0 Å². The van der Waals surface area contributed by atoms with Gasteiger partial charge in [-0.1, -0.05) is 60.7 Å². The molecule has 43 heavy (non-hydrogen) atoms. The second-order valence-corrected chi connectivity index (χ2v) is 10.7. The molecule has 6 rings (SSSR count). The number of amides is 3. The number of nitrogens with one attached hydrogen (secondary N) is 2. The lowest BCUT2D eigenvalue weighted by molar-refractivity contribution is -0.133. The highest BCUT2D eigenvalue weighted by atomic mass is 19.4. The quantitative estimate of drug-likeness (QED) is 0.359. The molecule has 1 aromatic heterocycles. The van der Waals surface area contributed by atoms with Crippen molar-refractivity contribution >= 4 is 34.4 Å². The number of aliphatic imine (C=N–C) groups is 1. The van der Waals surface area contributed by atoms with Crippen molar-refractivity contribution < 1.29 is 22.8 Å². The Morgan fingerprint density at radius 2 is 1.67 bits per heavy atom.